The molecule has 130 valence electrons. The third-order valence-electron chi connectivity index (χ3n) is 3.06. The molecule has 0 spiro atoms. The SMILES string of the molecule is CCOC(=O)/C=C/c1ccc(NC(=O)COc2cccc(I)c2)cc1. The molecule has 0 aliphatic rings. The monoisotopic (exact) mass is 451 g/mol. The second-order valence-corrected chi connectivity index (χ2v) is 6.25. The van der Waals surface area contributed by atoms with Gasteiger partial charge in [0.25, 0.3) is 5.91 Å². The number of carbonyl (C=O) groups is 2. The van der Waals surface area contributed by atoms with Crippen LogP contribution in [0.3, 0.4) is 0 Å². The molecule has 25 heavy (non-hydrogen) atoms. The standard InChI is InChI=1S/C19H18INO4/c1-2-24-19(23)11-8-14-6-9-16(10-7-14)21-18(22)13-25-17-5-3-4-15(20)12-17/h3-12H,2,13H2,1H3,(H,21,22)/b11-8+. The number of nitrogens with one attached hydrogen (secondary N) is 1. The summed E-state index contributed by atoms with van der Waals surface area (Å²) in [6.07, 6.45) is 3.02. The highest BCUT2D eigenvalue weighted by atomic mass is 127. The molecule has 2 aromatic carbocycles. The maximum atomic E-state index is 11.9. The topological polar surface area (TPSA) is 64.6 Å². The van der Waals surface area contributed by atoms with Crippen LogP contribution in [0.15, 0.2) is 54.6 Å². The summed E-state index contributed by atoms with van der Waals surface area (Å²) in [6.45, 7) is 2.04. The molecule has 0 radical (unpaired) electrons. The Labute approximate surface area is 160 Å². The smallest absolute Gasteiger partial charge is 0.330 e. The Morgan fingerprint density at radius 2 is 1.92 bits per heavy atom. The Hall–Kier alpha value is -2.35. The van der Waals surface area contributed by atoms with E-state index in [1.165, 1.54) is 6.08 Å². The average Bonchev–Trinajstić information content (AvgIpc) is 2.60. The number of rotatable bonds is 7. The predicted octanol–water partition coefficient (Wildman–Crippen LogP) is 3.89. The van der Waals surface area contributed by atoms with E-state index in [4.69, 9.17) is 9.47 Å². The Bertz CT molecular complexity index is 756. The molecular weight excluding hydrogens is 433 g/mol. The fraction of sp³-hybridized carbons (Fsp3) is 0.158. The van der Waals surface area contributed by atoms with Crippen LogP contribution in [0.4, 0.5) is 5.69 Å². The molecular formula is C19H18INO4. The van der Waals surface area contributed by atoms with Crippen LogP contribution < -0.4 is 10.1 Å². The molecule has 0 saturated carbocycles. The van der Waals surface area contributed by atoms with Crippen molar-refractivity contribution in [3.05, 3.63) is 63.7 Å². The third-order valence-corrected chi connectivity index (χ3v) is 3.73. The molecule has 0 aromatic heterocycles. The minimum Gasteiger partial charge on any atom is -0.484 e. The van der Waals surface area contributed by atoms with Crippen molar-refractivity contribution >= 4 is 46.2 Å². The van der Waals surface area contributed by atoms with Gasteiger partial charge in [0.05, 0.1) is 6.61 Å². The number of amides is 1. The molecule has 0 heterocycles. The van der Waals surface area contributed by atoms with Gasteiger partial charge in [0, 0.05) is 15.3 Å². The molecule has 0 unspecified atom stereocenters. The highest BCUT2D eigenvalue weighted by molar-refractivity contribution is 14.1. The first-order chi connectivity index (χ1) is 12.1. The summed E-state index contributed by atoms with van der Waals surface area (Å²) >= 11 is 2.18. The van der Waals surface area contributed by atoms with Crippen LogP contribution in [-0.4, -0.2) is 25.1 Å². The van der Waals surface area contributed by atoms with Crippen LogP contribution in [0, 0.1) is 3.57 Å². The van der Waals surface area contributed by atoms with Crippen molar-refractivity contribution in [2.24, 2.45) is 0 Å². The molecule has 0 fully saturated rings. The van der Waals surface area contributed by atoms with Gasteiger partial charge < -0.3 is 14.8 Å². The molecule has 1 amide bonds. The van der Waals surface area contributed by atoms with Crippen molar-refractivity contribution in [3.63, 3.8) is 0 Å². The number of carbonyl (C=O) groups excluding carboxylic acids is 2. The first kappa shape index (κ1) is 19.0. The van der Waals surface area contributed by atoms with Gasteiger partial charge in [-0.05, 0) is 71.5 Å². The van der Waals surface area contributed by atoms with E-state index in [2.05, 4.69) is 27.9 Å². The second kappa shape index (κ2) is 9.83. The van der Waals surface area contributed by atoms with E-state index in [1.54, 1.807) is 43.3 Å². The minimum absolute atomic E-state index is 0.0649. The molecule has 0 saturated heterocycles. The minimum atomic E-state index is -0.382. The maximum Gasteiger partial charge on any atom is 0.330 e. The van der Waals surface area contributed by atoms with Gasteiger partial charge in [-0.25, -0.2) is 4.79 Å². The van der Waals surface area contributed by atoms with Gasteiger partial charge in [-0.15, -0.1) is 0 Å². The Balaban J connectivity index is 1.83. The molecule has 0 aliphatic carbocycles. The van der Waals surface area contributed by atoms with E-state index in [-0.39, 0.29) is 18.5 Å². The second-order valence-electron chi connectivity index (χ2n) is 5.00. The number of hydrogen-bond acceptors (Lipinski definition) is 4. The van der Waals surface area contributed by atoms with Crippen LogP contribution in [0.2, 0.25) is 0 Å². The van der Waals surface area contributed by atoms with E-state index >= 15 is 0 Å². The predicted molar refractivity (Wildman–Crippen MR) is 105 cm³/mol. The van der Waals surface area contributed by atoms with Gasteiger partial charge >= 0.3 is 5.97 Å². The highest BCUT2D eigenvalue weighted by Crippen LogP contribution is 2.15. The van der Waals surface area contributed by atoms with E-state index in [0.717, 1.165) is 9.13 Å². The molecule has 0 atom stereocenters. The first-order valence-electron chi connectivity index (χ1n) is 7.70. The molecule has 1 N–H and O–H groups in total. The molecule has 2 aromatic rings. The number of hydrogen-bond donors (Lipinski definition) is 1. The van der Waals surface area contributed by atoms with Crippen LogP contribution in [0.5, 0.6) is 5.75 Å². The van der Waals surface area contributed by atoms with E-state index < -0.39 is 0 Å². The van der Waals surface area contributed by atoms with Crippen molar-refractivity contribution in [1.82, 2.24) is 0 Å². The lowest BCUT2D eigenvalue weighted by atomic mass is 10.2. The van der Waals surface area contributed by atoms with Gasteiger partial charge in [0.2, 0.25) is 0 Å². The first-order valence-corrected chi connectivity index (χ1v) is 8.78. The molecule has 2 rings (SSSR count). The third kappa shape index (κ3) is 6.96. The fourth-order valence-electron chi connectivity index (χ4n) is 1.93. The van der Waals surface area contributed by atoms with Crippen molar-refractivity contribution in [1.29, 1.82) is 0 Å². The van der Waals surface area contributed by atoms with Crippen molar-refractivity contribution in [3.8, 4) is 5.75 Å². The molecule has 0 aliphatic heterocycles. The summed E-state index contributed by atoms with van der Waals surface area (Å²) in [7, 11) is 0. The molecule has 6 heteroatoms. The number of ether oxygens (including phenoxy) is 2. The van der Waals surface area contributed by atoms with Crippen LogP contribution in [0.25, 0.3) is 6.08 Å². The fourth-order valence-corrected chi connectivity index (χ4v) is 2.45. The maximum absolute atomic E-state index is 11.9. The highest BCUT2D eigenvalue weighted by Gasteiger charge is 2.04. The number of esters is 1. The zero-order chi connectivity index (χ0) is 18.1. The summed E-state index contributed by atoms with van der Waals surface area (Å²) in [6, 6.07) is 14.6. The van der Waals surface area contributed by atoms with Gasteiger partial charge in [-0.2, -0.15) is 0 Å². The van der Waals surface area contributed by atoms with Crippen molar-refractivity contribution in [2.45, 2.75) is 6.92 Å². The lowest BCUT2D eigenvalue weighted by Gasteiger charge is -2.08. The van der Waals surface area contributed by atoms with Gasteiger partial charge in [0.1, 0.15) is 5.75 Å². The summed E-state index contributed by atoms with van der Waals surface area (Å²) in [4.78, 5) is 23.2. The van der Waals surface area contributed by atoms with Crippen LogP contribution in [-0.2, 0) is 14.3 Å². The van der Waals surface area contributed by atoms with E-state index in [0.29, 0.717) is 18.0 Å². The van der Waals surface area contributed by atoms with E-state index in [1.807, 2.05) is 18.2 Å². The largest absolute Gasteiger partial charge is 0.484 e. The van der Waals surface area contributed by atoms with Gasteiger partial charge in [-0.3, -0.25) is 4.79 Å². The summed E-state index contributed by atoms with van der Waals surface area (Å²) in [5.74, 6) is 0.0304. The number of benzene rings is 2. The normalized spacial score (nSPS) is 10.5. The quantitative estimate of drug-likeness (QED) is 0.394. The van der Waals surface area contributed by atoms with E-state index in [9.17, 15) is 9.59 Å². The zero-order valence-electron chi connectivity index (χ0n) is 13.7. The van der Waals surface area contributed by atoms with Crippen LogP contribution >= 0.6 is 22.6 Å². The Morgan fingerprint density at radius 3 is 2.60 bits per heavy atom. The lowest BCUT2D eigenvalue weighted by molar-refractivity contribution is -0.137. The van der Waals surface area contributed by atoms with Crippen molar-refractivity contribution < 1.29 is 19.1 Å². The molecule has 0 bridgehead atoms. The van der Waals surface area contributed by atoms with Gasteiger partial charge in [-0.1, -0.05) is 18.2 Å². The molecule has 5 nitrogen and oxygen atoms in total. The summed E-state index contributed by atoms with van der Waals surface area (Å²) in [5.41, 5.74) is 1.49. The number of halogens is 1. The van der Waals surface area contributed by atoms with Crippen LogP contribution in [0.1, 0.15) is 12.5 Å². The number of anilines is 1. The zero-order valence-corrected chi connectivity index (χ0v) is 15.9. The average molecular weight is 451 g/mol. The lowest BCUT2D eigenvalue weighted by Crippen LogP contribution is -2.20. The summed E-state index contributed by atoms with van der Waals surface area (Å²) < 4.78 is 11.3. The van der Waals surface area contributed by atoms with Crippen molar-refractivity contribution in [2.75, 3.05) is 18.5 Å². The Morgan fingerprint density at radius 1 is 1.16 bits per heavy atom. The van der Waals surface area contributed by atoms with Gasteiger partial charge in [0.15, 0.2) is 6.61 Å². The summed E-state index contributed by atoms with van der Waals surface area (Å²) in [5, 5.41) is 2.76. The Kier molecular flexibility index (Phi) is 7.46.